The number of hydrogen-bond donors (Lipinski definition) is 1. The molecule has 0 atom stereocenters. The van der Waals surface area contributed by atoms with E-state index in [-0.39, 0.29) is 15.9 Å². The molecule has 0 amide bonds. The topological polar surface area (TPSA) is 49.4 Å². The molecule has 4 nitrogen and oxygen atoms in total. The van der Waals surface area contributed by atoms with Crippen molar-refractivity contribution >= 4 is 21.6 Å². The fraction of sp³-hybridized carbons (Fsp3) is 0. The Bertz CT molecular complexity index is 417. The predicted octanol–water partition coefficient (Wildman–Crippen LogP) is 1.05. The van der Waals surface area contributed by atoms with E-state index in [0.29, 0.717) is 0 Å². The molecule has 1 heterocycles. The van der Waals surface area contributed by atoms with Gasteiger partial charge >= 0.3 is 10.2 Å². The Hall–Kier alpha value is -1.30. The Morgan fingerprint density at radius 1 is 1.33 bits per heavy atom. The molecule has 0 spiro atoms. The van der Waals surface area contributed by atoms with E-state index in [1.54, 1.807) is 12.1 Å². The molecule has 2 rings (SSSR count). The van der Waals surface area contributed by atoms with E-state index < -0.39 is 10.2 Å². The summed E-state index contributed by atoms with van der Waals surface area (Å²) in [5.41, 5.74) is 0.289. The number of para-hydroxylation sites is 2. The third kappa shape index (κ3) is 0.845. The summed E-state index contributed by atoms with van der Waals surface area (Å²) in [7, 11) is -3.97. The van der Waals surface area contributed by atoms with Gasteiger partial charge in [-0.2, -0.15) is 8.42 Å². The maximum atomic E-state index is 12.9. The number of halogens is 1. The Morgan fingerprint density at radius 2 is 2.00 bits per heavy atom. The van der Waals surface area contributed by atoms with Gasteiger partial charge in [-0.3, -0.25) is 4.72 Å². The molecule has 64 valence electrons. The molecule has 0 saturated heterocycles. The van der Waals surface area contributed by atoms with Crippen molar-refractivity contribution in [2.45, 2.75) is 0 Å². The second-order valence-corrected chi connectivity index (χ2v) is 3.81. The SMILES string of the molecule is O=S1(=O)Nc2ccccc2N1F. The Kier molecular flexibility index (Phi) is 1.29. The minimum atomic E-state index is -3.97. The van der Waals surface area contributed by atoms with Crippen LogP contribution in [0.15, 0.2) is 24.3 Å². The van der Waals surface area contributed by atoms with Crippen molar-refractivity contribution in [3.63, 3.8) is 0 Å². The van der Waals surface area contributed by atoms with Crippen LogP contribution in [0.1, 0.15) is 0 Å². The van der Waals surface area contributed by atoms with Crippen LogP contribution in [0.4, 0.5) is 15.9 Å². The summed E-state index contributed by atoms with van der Waals surface area (Å²) in [6, 6.07) is 6.06. The van der Waals surface area contributed by atoms with Gasteiger partial charge in [0.2, 0.25) is 0 Å². The fourth-order valence-electron chi connectivity index (χ4n) is 1.02. The first-order chi connectivity index (χ1) is 5.61. The van der Waals surface area contributed by atoms with Crippen molar-refractivity contribution in [3.05, 3.63) is 24.3 Å². The zero-order chi connectivity index (χ0) is 8.77. The first-order valence-electron chi connectivity index (χ1n) is 3.19. The van der Waals surface area contributed by atoms with E-state index in [1.165, 1.54) is 12.1 Å². The molecule has 1 aromatic carbocycles. The Morgan fingerprint density at radius 3 is 2.67 bits per heavy atom. The van der Waals surface area contributed by atoms with Gasteiger partial charge in [-0.25, -0.2) is 0 Å². The summed E-state index contributed by atoms with van der Waals surface area (Å²) in [6.45, 7) is 0. The molecule has 0 saturated carbocycles. The largest absolute Gasteiger partial charge is 0.350 e. The molecule has 6 heteroatoms. The highest BCUT2D eigenvalue weighted by Gasteiger charge is 2.32. The summed E-state index contributed by atoms with van der Waals surface area (Å²) < 4.78 is 36.4. The fourth-order valence-corrected chi connectivity index (χ4v) is 1.97. The summed E-state index contributed by atoms with van der Waals surface area (Å²) in [5, 5.41) is 0. The van der Waals surface area contributed by atoms with Crippen molar-refractivity contribution in [1.82, 2.24) is 0 Å². The highest BCUT2D eigenvalue weighted by molar-refractivity contribution is 7.94. The molecule has 1 aliphatic rings. The monoisotopic (exact) mass is 188 g/mol. The number of nitrogens with one attached hydrogen (secondary N) is 1. The number of anilines is 2. The van der Waals surface area contributed by atoms with Gasteiger partial charge in [-0.15, -0.1) is 0 Å². The molecule has 12 heavy (non-hydrogen) atoms. The lowest BCUT2D eigenvalue weighted by Gasteiger charge is -2.01. The van der Waals surface area contributed by atoms with Crippen LogP contribution in [0.5, 0.6) is 0 Å². The van der Waals surface area contributed by atoms with Crippen LogP contribution >= 0.6 is 0 Å². The van der Waals surface area contributed by atoms with Crippen LogP contribution in [-0.2, 0) is 10.2 Å². The normalized spacial score (nSPS) is 18.6. The summed E-state index contributed by atoms with van der Waals surface area (Å²) in [4.78, 5) is 0. The number of nitrogens with zero attached hydrogens (tertiary/aromatic N) is 1. The van der Waals surface area contributed by atoms with Gasteiger partial charge in [-0.1, -0.05) is 21.1 Å². The lowest BCUT2D eigenvalue weighted by Crippen LogP contribution is -2.21. The van der Waals surface area contributed by atoms with Gasteiger partial charge in [-0.05, 0) is 12.1 Å². The third-order valence-corrected chi connectivity index (χ3v) is 2.64. The number of rotatable bonds is 0. The maximum Gasteiger partial charge on any atom is 0.350 e. The molecule has 0 aliphatic carbocycles. The van der Waals surface area contributed by atoms with Gasteiger partial charge in [0.25, 0.3) is 0 Å². The van der Waals surface area contributed by atoms with E-state index in [0.717, 1.165) is 0 Å². The highest BCUT2D eigenvalue weighted by Crippen LogP contribution is 2.34. The summed E-state index contributed by atoms with van der Waals surface area (Å²) in [5.74, 6) is 0. The summed E-state index contributed by atoms with van der Waals surface area (Å²) in [6.07, 6.45) is 0. The molecule has 0 unspecified atom stereocenters. The predicted molar refractivity (Wildman–Crippen MR) is 42.6 cm³/mol. The smallest absolute Gasteiger partial charge is 0.262 e. The second-order valence-electron chi connectivity index (χ2n) is 2.34. The lowest BCUT2D eigenvalue weighted by atomic mass is 10.3. The molecule has 1 N–H and O–H groups in total. The van der Waals surface area contributed by atoms with Gasteiger partial charge in [0.05, 0.1) is 5.69 Å². The molecular weight excluding hydrogens is 183 g/mol. The van der Waals surface area contributed by atoms with Gasteiger partial charge in [0, 0.05) is 0 Å². The molecule has 0 radical (unpaired) electrons. The molecular formula is C6H5FN2O2S. The quantitative estimate of drug-likeness (QED) is 0.618. The molecule has 1 aromatic rings. The minimum absolute atomic E-state index is 0.0255. The lowest BCUT2D eigenvalue weighted by molar-refractivity contribution is 0.503. The van der Waals surface area contributed by atoms with Crippen molar-refractivity contribution in [1.29, 1.82) is 0 Å². The molecule has 0 bridgehead atoms. The molecule has 0 aromatic heterocycles. The van der Waals surface area contributed by atoms with Crippen LogP contribution in [-0.4, -0.2) is 8.42 Å². The first kappa shape index (κ1) is 7.35. The second kappa shape index (κ2) is 2.10. The standard InChI is InChI=1S/C6H5FN2O2S/c7-9-6-4-2-1-3-5(6)8-12(9,10)11/h1-4,8H. The summed E-state index contributed by atoms with van der Waals surface area (Å²) >= 11 is 0. The van der Waals surface area contributed by atoms with Crippen molar-refractivity contribution in [3.8, 4) is 0 Å². The van der Waals surface area contributed by atoms with Crippen LogP contribution in [0, 0.1) is 0 Å². The van der Waals surface area contributed by atoms with E-state index in [9.17, 15) is 12.9 Å². The average Bonchev–Trinajstić information content (AvgIpc) is 2.24. The number of benzene rings is 1. The van der Waals surface area contributed by atoms with Crippen LogP contribution < -0.4 is 9.25 Å². The first-order valence-corrected chi connectivity index (χ1v) is 4.63. The van der Waals surface area contributed by atoms with E-state index >= 15 is 0 Å². The van der Waals surface area contributed by atoms with Crippen LogP contribution in [0.2, 0.25) is 0 Å². The average molecular weight is 188 g/mol. The third-order valence-electron chi connectivity index (χ3n) is 1.54. The van der Waals surface area contributed by atoms with E-state index in [1.807, 2.05) is 4.72 Å². The van der Waals surface area contributed by atoms with Crippen LogP contribution in [0.3, 0.4) is 0 Å². The maximum absolute atomic E-state index is 12.9. The van der Waals surface area contributed by atoms with Gasteiger partial charge < -0.3 is 0 Å². The Balaban J connectivity index is 2.64. The molecule has 0 fully saturated rings. The van der Waals surface area contributed by atoms with E-state index in [2.05, 4.69) is 0 Å². The zero-order valence-corrected chi connectivity index (χ0v) is 6.68. The van der Waals surface area contributed by atoms with Crippen molar-refractivity contribution in [2.24, 2.45) is 0 Å². The molecule has 1 aliphatic heterocycles. The van der Waals surface area contributed by atoms with Crippen molar-refractivity contribution < 1.29 is 12.9 Å². The number of fused-ring (bicyclic) bond motifs is 1. The Labute approximate surface area is 68.7 Å². The number of hydrogen-bond acceptors (Lipinski definition) is 2. The van der Waals surface area contributed by atoms with Crippen LogP contribution in [0.25, 0.3) is 0 Å². The van der Waals surface area contributed by atoms with E-state index in [4.69, 9.17) is 0 Å². The van der Waals surface area contributed by atoms with Gasteiger partial charge in [0.1, 0.15) is 5.69 Å². The highest BCUT2D eigenvalue weighted by atomic mass is 32.2. The van der Waals surface area contributed by atoms with Crippen molar-refractivity contribution in [2.75, 3.05) is 9.25 Å². The van der Waals surface area contributed by atoms with Gasteiger partial charge in [0.15, 0.2) is 0 Å². The minimum Gasteiger partial charge on any atom is -0.262 e. The zero-order valence-electron chi connectivity index (χ0n) is 5.86.